The molecule has 4 nitrogen and oxygen atoms in total. The molecule has 1 rings (SSSR count). The first-order chi connectivity index (χ1) is 8.89. The van der Waals surface area contributed by atoms with Crippen LogP contribution in [-0.2, 0) is 0 Å². The first kappa shape index (κ1) is 16.9. The lowest BCUT2D eigenvalue weighted by Gasteiger charge is -2.45. The third-order valence-corrected chi connectivity index (χ3v) is 5.03. The highest BCUT2D eigenvalue weighted by Gasteiger charge is 2.31. The Labute approximate surface area is 119 Å². The normalized spacial score (nSPS) is 24.3. The van der Waals surface area contributed by atoms with E-state index in [0.29, 0.717) is 0 Å². The van der Waals surface area contributed by atoms with E-state index in [-0.39, 0.29) is 17.7 Å². The van der Waals surface area contributed by atoms with E-state index in [1.807, 2.05) is 7.05 Å². The molecule has 0 bridgehead atoms. The van der Waals surface area contributed by atoms with E-state index in [2.05, 4.69) is 42.9 Å². The van der Waals surface area contributed by atoms with Crippen LogP contribution in [0, 0.1) is 0 Å². The Kier molecular flexibility index (Phi) is 6.24. The summed E-state index contributed by atoms with van der Waals surface area (Å²) in [5, 5.41) is 12.8. The summed E-state index contributed by atoms with van der Waals surface area (Å²) in [7, 11) is 4.17. The molecule has 4 heteroatoms. The number of hydrogen-bond acceptors (Lipinski definition) is 4. The summed E-state index contributed by atoms with van der Waals surface area (Å²) in [6.07, 6.45) is 3.17. The lowest BCUT2D eigenvalue weighted by atomic mass is 9.91. The first-order valence-electron chi connectivity index (χ1n) is 7.62. The Balaban J connectivity index is 2.37. The van der Waals surface area contributed by atoms with Crippen molar-refractivity contribution in [2.45, 2.75) is 51.1 Å². The number of hydrogen-bond donors (Lipinski definition) is 2. The molecule has 1 heterocycles. The van der Waals surface area contributed by atoms with Crippen LogP contribution in [0.25, 0.3) is 0 Å². The number of aliphatic hydroxyl groups excluding tert-OH is 1. The van der Waals surface area contributed by atoms with E-state index >= 15 is 0 Å². The fourth-order valence-corrected chi connectivity index (χ4v) is 2.92. The molecule has 1 unspecified atom stereocenters. The minimum Gasteiger partial charge on any atom is -0.394 e. The van der Waals surface area contributed by atoms with Gasteiger partial charge in [0.25, 0.3) is 0 Å². The van der Waals surface area contributed by atoms with Gasteiger partial charge in [0.1, 0.15) is 0 Å². The smallest absolute Gasteiger partial charge is 0.0613 e. The van der Waals surface area contributed by atoms with Gasteiger partial charge in [-0.05, 0) is 53.8 Å². The zero-order chi connectivity index (χ0) is 14.5. The van der Waals surface area contributed by atoms with Crippen LogP contribution >= 0.6 is 0 Å². The molecule has 114 valence electrons. The molecule has 0 radical (unpaired) electrons. The second-order valence-electron chi connectivity index (χ2n) is 6.66. The van der Waals surface area contributed by atoms with Gasteiger partial charge in [0.2, 0.25) is 0 Å². The average molecular weight is 271 g/mol. The molecular weight excluding hydrogens is 238 g/mol. The van der Waals surface area contributed by atoms with Gasteiger partial charge in [-0.3, -0.25) is 4.90 Å². The van der Waals surface area contributed by atoms with Gasteiger partial charge in [0.05, 0.1) is 6.61 Å². The van der Waals surface area contributed by atoms with E-state index in [9.17, 15) is 5.11 Å². The highest BCUT2D eigenvalue weighted by atomic mass is 16.3. The maximum absolute atomic E-state index is 9.55. The van der Waals surface area contributed by atoms with Gasteiger partial charge in [-0.2, -0.15) is 0 Å². The first-order valence-corrected chi connectivity index (χ1v) is 7.62. The fourth-order valence-electron chi connectivity index (χ4n) is 2.92. The minimum absolute atomic E-state index is 0.0813. The van der Waals surface area contributed by atoms with Crippen molar-refractivity contribution in [3.8, 4) is 0 Å². The Bertz CT molecular complexity index is 256. The maximum atomic E-state index is 9.55. The van der Waals surface area contributed by atoms with Crippen molar-refractivity contribution in [2.75, 3.05) is 46.9 Å². The van der Waals surface area contributed by atoms with Crippen LogP contribution < -0.4 is 5.32 Å². The molecule has 0 aromatic rings. The predicted octanol–water partition coefficient (Wildman–Crippen LogP) is 1.15. The monoisotopic (exact) mass is 271 g/mol. The molecule has 1 aliphatic rings. The second-order valence-corrected chi connectivity index (χ2v) is 6.66. The third-order valence-electron chi connectivity index (χ3n) is 5.03. The van der Waals surface area contributed by atoms with E-state index in [1.165, 1.54) is 0 Å². The number of piperazine rings is 1. The zero-order valence-corrected chi connectivity index (χ0v) is 13.5. The van der Waals surface area contributed by atoms with Crippen LogP contribution in [0.15, 0.2) is 0 Å². The summed E-state index contributed by atoms with van der Waals surface area (Å²) >= 11 is 0. The van der Waals surface area contributed by atoms with Crippen LogP contribution in [0.2, 0.25) is 0 Å². The van der Waals surface area contributed by atoms with Gasteiger partial charge in [-0.1, -0.05) is 6.92 Å². The van der Waals surface area contributed by atoms with E-state index in [4.69, 9.17) is 0 Å². The summed E-state index contributed by atoms with van der Waals surface area (Å²) in [4.78, 5) is 5.01. The Morgan fingerprint density at radius 3 is 2.47 bits per heavy atom. The number of aliphatic hydroxyl groups is 1. The second kappa shape index (κ2) is 7.02. The van der Waals surface area contributed by atoms with Crippen molar-refractivity contribution in [3.63, 3.8) is 0 Å². The average Bonchev–Trinajstić information content (AvgIpc) is 2.39. The molecule has 0 amide bonds. The Hall–Kier alpha value is -0.160. The fraction of sp³-hybridized carbons (Fsp3) is 1.00. The SMILES string of the molecule is CCC(CO)(CCCN1CCN(C)C(C)(C)C1)NC. The van der Waals surface area contributed by atoms with E-state index in [1.54, 1.807) is 0 Å². The highest BCUT2D eigenvalue weighted by molar-refractivity contribution is 4.89. The van der Waals surface area contributed by atoms with Crippen LogP contribution in [0.5, 0.6) is 0 Å². The number of nitrogens with one attached hydrogen (secondary N) is 1. The highest BCUT2D eigenvalue weighted by Crippen LogP contribution is 2.21. The van der Waals surface area contributed by atoms with Crippen molar-refractivity contribution < 1.29 is 5.11 Å². The predicted molar refractivity (Wildman–Crippen MR) is 81.6 cm³/mol. The Morgan fingerprint density at radius 2 is 2.00 bits per heavy atom. The van der Waals surface area contributed by atoms with Gasteiger partial charge in [-0.15, -0.1) is 0 Å². The summed E-state index contributed by atoms with van der Waals surface area (Å²) in [6, 6.07) is 0. The van der Waals surface area contributed by atoms with Crippen LogP contribution in [0.1, 0.15) is 40.0 Å². The van der Waals surface area contributed by atoms with Gasteiger partial charge < -0.3 is 15.3 Å². The molecule has 0 aromatic carbocycles. The topological polar surface area (TPSA) is 38.7 Å². The van der Waals surface area contributed by atoms with Crippen LogP contribution in [0.3, 0.4) is 0 Å². The molecule has 1 atom stereocenters. The van der Waals surface area contributed by atoms with Crippen LogP contribution in [0.4, 0.5) is 0 Å². The summed E-state index contributed by atoms with van der Waals surface area (Å²) in [5.41, 5.74) is 0.197. The number of likely N-dealkylation sites (N-methyl/N-ethyl adjacent to an activating group) is 2. The maximum Gasteiger partial charge on any atom is 0.0613 e. The molecule has 19 heavy (non-hydrogen) atoms. The third kappa shape index (κ3) is 4.42. The van der Waals surface area contributed by atoms with Gasteiger partial charge in [0, 0.05) is 30.7 Å². The van der Waals surface area contributed by atoms with Gasteiger partial charge in [-0.25, -0.2) is 0 Å². The number of rotatable bonds is 7. The van der Waals surface area contributed by atoms with Crippen molar-refractivity contribution in [2.24, 2.45) is 0 Å². The molecule has 0 spiro atoms. The molecule has 1 saturated heterocycles. The molecule has 0 saturated carbocycles. The molecule has 0 aliphatic carbocycles. The Morgan fingerprint density at radius 1 is 1.32 bits per heavy atom. The van der Waals surface area contributed by atoms with Gasteiger partial charge >= 0.3 is 0 Å². The van der Waals surface area contributed by atoms with Crippen molar-refractivity contribution in [1.29, 1.82) is 0 Å². The lowest BCUT2D eigenvalue weighted by molar-refractivity contribution is 0.0371. The number of nitrogens with zero attached hydrogens (tertiary/aromatic N) is 2. The molecule has 0 aromatic heterocycles. The molecular formula is C15H33N3O. The molecule has 2 N–H and O–H groups in total. The van der Waals surface area contributed by atoms with Gasteiger partial charge in [0.15, 0.2) is 0 Å². The van der Waals surface area contributed by atoms with Crippen molar-refractivity contribution in [3.05, 3.63) is 0 Å². The van der Waals surface area contributed by atoms with E-state index in [0.717, 1.165) is 45.4 Å². The van der Waals surface area contributed by atoms with Crippen LogP contribution in [-0.4, -0.2) is 72.9 Å². The largest absolute Gasteiger partial charge is 0.394 e. The summed E-state index contributed by atoms with van der Waals surface area (Å²) < 4.78 is 0. The van der Waals surface area contributed by atoms with Crippen molar-refractivity contribution in [1.82, 2.24) is 15.1 Å². The zero-order valence-electron chi connectivity index (χ0n) is 13.5. The van der Waals surface area contributed by atoms with E-state index < -0.39 is 0 Å². The van der Waals surface area contributed by atoms with Crippen molar-refractivity contribution >= 4 is 0 Å². The minimum atomic E-state index is -0.0813. The quantitative estimate of drug-likeness (QED) is 0.729. The lowest BCUT2D eigenvalue weighted by Crippen LogP contribution is -2.57. The molecule has 1 fully saturated rings. The standard InChI is InChI=1S/C15H33N3O/c1-6-15(13-19,16-4)8-7-9-18-11-10-17(5)14(2,3)12-18/h16,19H,6-13H2,1-5H3. The summed E-state index contributed by atoms with van der Waals surface area (Å²) in [6.45, 7) is 11.6. The molecule has 1 aliphatic heterocycles. The summed E-state index contributed by atoms with van der Waals surface area (Å²) in [5.74, 6) is 0.